The van der Waals surface area contributed by atoms with E-state index >= 15 is 0 Å². The van der Waals surface area contributed by atoms with Crippen LogP contribution < -0.4 is 0 Å². The van der Waals surface area contributed by atoms with Crippen LogP contribution in [0.3, 0.4) is 0 Å². The topological polar surface area (TPSA) is 152 Å². The molecule has 1 aliphatic carbocycles. The first-order valence-corrected chi connectivity index (χ1v) is 12.4. The van der Waals surface area contributed by atoms with Crippen molar-refractivity contribution in [1.29, 1.82) is 0 Å². The van der Waals surface area contributed by atoms with Gasteiger partial charge in [0.1, 0.15) is 6.10 Å². The highest BCUT2D eigenvalue weighted by Crippen LogP contribution is 2.34. The van der Waals surface area contributed by atoms with Gasteiger partial charge in [-0.1, -0.05) is 24.3 Å². The van der Waals surface area contributed by atoms with Crippen LogP contribution in [0.2, 0.25) is 0 Å². The maximum atomic E-state index is 12.9. The molecule has 216 valence electrons. The second-order valence-electron chi connectivity index (χ2n) is 8.93. The number of hydrogen-bond donors (Lipinski definition) is 1. The van der Waals surface area contributed by atoms with Gasteiger partial charge in [-0.2, -0.15) is 0 Å². The second-order valence-corrected chi connectivity index (χ2v) is 8.93. The lowest BCUT2D eigenvalue weighted by atomic mass is 9.83. The van der Waals surface area contributed by atoms with Crippen molar-refractivity contribution in [1.82, 2.24) is 0 Å². The van der Waals surface area contributed by atoms with Gasteiger partial charge in [-0.05, 0) is 55.4 Å². The summed E-state index contributed by atoms with van der Waals surface area (Å²) < 4.78 is 27.6. The Kier molecular flexibility index (Phi) is 12.8. The van der Waals surface area contributed by atoms with E-state index in [2.05, 4.69) is 0 Å². The highest BCUT2D eigenvalue weighted by Gasteiger charge is 2.59. The summed E-state index contributed by atoms with van der Waals surface area (Å²) in [5, 5.41) is 11.4. The summed E-state index contributed by atoms with van der Waals surface area (Å²) in [4.78, 5) is 63.3. The Labute approximate surface area is 228 Å². The van der Waals surface area contributed by atoms with E-state index < -0.39 is 66.5 Å². The summed E-state index contributed by atoms with van der Waals surface area (Å²) in [6, 6.07) is 0. The molecule has 0 heterocycles. The van der Waals surface area contributed by atoms with Gasteiger partial charge in [-0.15, -0.1) is 0 Å². The molecule has 0 amide bonds. The molecule has 11 heteroatoms. The first-order valence-electron chi connectivity index (χ1n) is 12.4. The number of allylic oxidation sites excluding steroid dienone is 4. The summed E-state index contributed by atoms with van der Waals surface area (Å²) in [5.41, 5.74) is 0.650. The number of esters is 5. The van der Waals surface area contributed by atoms with E-state index in [1.165, 1.54) is 52.0 Å². The first kappa shape index (κ1) is 33.3. The van der Waals surface area contributed by atoms with Gasteiger partial charge in [0.15, 0.2) is 30.5 Å². The highest BCUT2D eigenvalue weighted by molar-refractivity contribution is 5.90. The molecule has 1 aliphatic rings. The molecular weight excluding hydrogens is 512 g/mol. The summed E-state index contributed by atoms with van der Waals surface area (Å²) in [6.07, 6.45) is -4.34. The van der Waals surface area contributed by atoms with E-state index in [9.17, 15) is 29.1 Å². The molecule has 0 aromatic carbocycles. The average Bonchev–Trinajstić information content (AvgIpc) is 2.91. The second kappa shape index (κ2) is 15.0. The first-order chi connectivity index (χ1) is 18.2. The quantitative estimate of drug-likeness (QED) is 0.256. The van der Waals surface area contributed by atoms with Gasteiger partial charge in [0.25, 0.3) is 0 Å². The lowest BCUT2D eigenvalue weighted by molar-refractivity contribution is -0.254. The zero-order valence-electron chi connectivity index (χ0n) is 23.8. The van der Waals surface area contributed by atoms with Crippen LogP contribution in [0.4, 0.5) is 0 Å². The molecule has 0 radical (unpaired) electrons. The Morgan fingerprint density at radius 1 is 0.462 bits per heavy atom. The highest BCUT2D eigenvalue weighted by atomic mass is 16.7. The van der Waals surface area contributed by atoms with E-state index in [0.29, 0.717) is 0 Å². The fourth-order valence-electron chi connectivity index (χ4n) is 3.34. The molecule has 0 saturated heterocycles. The van der Waals surface area contributed by atoms with Crippen LogP contribution in [0.15, 0.2) is 46.6 Å². The van der Waals surface area contributed by atoms with Crippen LogP contribution in [-0.4, -0.2) is 71.6 Å². The molecular formula is C28H38O11. The number of carbonyl (C=O) groups excluding carboxylic acids is 5. The molecule has 1 rings (SSSR count). The Bertz CT molecular complexity index is 1080. The zero-order chi connectivity index (χ0) is 30.0. The normalized spacial score (nSPS) is 26.3. The van der Waals surface area contributed by atoms with Crippen molar-refractivity contribution in [3.05, 3.63) is 46.6 Å². The third-order valence-electron chi connectivity index (χ3n) is 6.26. The van der Waals surface area contributed by atoms with Crippen molar-refractivity contribution in [3.63, 3.8) is 0 Å². The molecule has 6 unspecified atom stereocenters. The molecule has 0 aromatic heterocycles. The Hall–Kier alpha value is -3.73. The van der Waals surface area contributed by atoms with E-state index in [4.69, 9.17) is 23.7 Å². The lowest BCUT2D eigenvalue weighted by Gasteiger charge is -2.46. The van der Waals surface area contributed by atoms with Crippen molar-refractivity contribution in [2.75, 3.05) is 0 Å². The van der Waals surface area contributed by atoms with Gasteiger partial charge in [-0.3, -0.25) is 4.79 Å². The SMILES string of the molecule is CC=C(C)C(=O)OC1C(O)C(OC(=O)C(C)=CC)C(OC(=O)C(C)=CC)C(OC(=O)C(C)=CC)C1OC(C)=O. The van der Waals surface area contributed by atoms with Gasteiger partial charge in [0.05, 0.1) is 0 Å². The molecule has 1 fully saturated rings. The molecule has 39 heavy (non-hydrogen) atoms. The number of aliphatic hydroxyl groups is 1. The minimum atomic E-state index is -1.86. The number of hydrogen-bond acceptors (Lipinski definition) is 11. The standard InChI is InChI=1S/C28H38O11/c1-10-14(5)25(31)36-20-19(30)21(37-26(32)15(6)11-2)23(38-27(33)16(7)12-3)24(22(20)35-18(9)29)39-28(34)17(8)13-4/h10-13,19-24,30H,1-9H3. The van der Waals surface area contributed by atoms with Crippen LogP contribution in [0.25, 0.3) is 0 Å². The monoisotopic (exact) mass is 550 g/mol. The van der Waals surface area contributed by atoms with Crippen molar-refractivity contribution >= 4 is 29.8 Å². The Morgan fingerprint density at radius 2 is 0.692 bits per heavy atom. The number of aliphatic hydroxyl groups excluding tert-OH is 1. The summed E-state index contributed by atoms with van der Waals surface area (Å²) >= 11 is 0. The van der Waals surface area contributed by atoms with Crippen LogP contribution in [0.1, 0.15) is 62.3 Å². The smallest absolute Gasteiger partial charge is 0.333 e. The van der Waals surface area contributed by atoms with Crippen LogP contribution in [0.5, 0.6) is 0 Å². The number of ether oxygens (including phenoxy) is 5. The molecule has 6 atom stereocenters. The molecule has 0 bridgehead atoms. The minimum Gasteiger partial charge on any atom is -0.454 e. The molecule has 0 aromatic rings. The predicted octanol–water partition coefficient (Wildman–Crippen LogP) is 2.80. The summed E-state index contributed by atoms with van der Waals surface area (Å²) in [6.45, 7) is 13.3. The van der Waals surface area contributed by atoms with Gasteiger partial charge >= 0.3 is 29.8 Å². The van der Waals surface area contributed by atoms with E-state index in [1.807, 2.05) is 0 Å². The minimum absolute atomic E-state index is 0.161. The lowest BCUT2D eigenvalue weighted by Crippen LogP contribution is -2.68. The van der Waals surface area contributed by atoms with Crippen LogP contribution in [0, 0.1) is 0 Å². The van der Waals surface area contributed by atoms with Gasteiger partial charge in [0, 0.05) is 29.2 Å². The Morgan fingerprint density at radius 3 is 0.949 bits per heavy atom. The summed E-state index contributed by atoms with van der Waals surface area (Å²) in [5.74, 6) is -4.35. The van der Waals surface area contributed by atoms with E-state index in [1.54, 1.807) is 27.7 Å². The third kappa shape index (κ3) is 8.64. The van der Waals surface area contributed by atoms with Crippen molar-refractivity contribution in [2.24, 2.45) is 0 Å². The molecule has 1 saturated carbocycles. The maximum absolute atomic E-state index is 12.9. The van der Waals surface area contributed by atoms with Crippen molar-refractivity contribution < 1.29 is 52.8 Å². The average molecular weight is 551 g/mol. The third-order valence-corrected chi connectivity index (χ3v) is 6.26. The van der Waals surface area contributed by atoms with Gasteiger partial charge in [-0.25, -0.2) is 19.2 Å². The van der Waals surface area contributed by atoms with E-state index in [-0.39, 0.29) is 22.3 Å². The molecule has 0 aliphatic heterocycles. The fraction of sp³-hybridized carbons (Fsp3) is 0.536. The van der Waals surface area contributed by atoms with Crippen molar-refractivity contribution in [2.45, 2.75) is 98.9 Å². The number of rotatable bonds is 9. The van der Waals surface area contributed by atoms with Crippen LogP contribution in [-0.2, 0) is 47.7 Å². The van der Waals surface area contributed by atoms with Gasteiger partial charge in [0.2, 0.25) is 0 Å². The largest absolute Gasteiger partial charge is 0.454 e. The van der Waals surface area contributed by atoms with Crippen LogP contribution >= 0.6 is 0 Å². The summed E-state index contributed by atoms with van der Waals surface area (Å²) in [7, 11) is 0. The van der Waals surface area contributed by atoms with E-state index in [0.717, 1.165) is 6.92 Å². The van der Waals surface area contributed by atoms with Gasteiger partial charge < -0.3 is 28.8 Å². The number of carbonyl (C=O) groups is 5. The zero-order valence-corrected chi connectivity index (χ0v) is 23.8. The predicted molar refractivity (Wildman–Crippen MR) is 139 cm³/mol. The fourth-order valence-corrected chi connectivity index (χ4v) is 3.34. The molecule has 0 spiro atoms. The Balaban J connectivity index is 3.86. The maximum Gasteiger partial charge on any atom is 0.333 e. The van der Waals surface area contributed by atoms with Crippen molar-refractivity contribution in [3.8, 4) is 0 Å². The molecule has 11 nitrogen and oxygen atoms in total. The molecule has 1 N–H and O–H groups in total.